The third-order valence-electron chi connectivity index (χ3n) is 8.14. The van der Waals surface area contributed by atoms with Crippen molar-refractivity contribution < 1.29 is 18.0 Å². The molecule has 46 heavy (non-hydrogen) atoms. The molecule has 240 valence electrons. The van der Waals surface area contributed by atoms with Crippen LogP contribution in [0.3, 0.4) is 0 Å². The number of imidazole rings is 1. The summed E-state index contributed by atoms with van der Waals surface area (Å²) in [6.07, 6.45) is -1.73. The second-order valence-electron chi connectivity index (χ2n) is 11.4. The lowest BCUT2D eigenvalue weighted by molar-refractivity contribution is -0.138. The number of hydrogen-bond acceptors (Lipinski definition) is 5. The molecule has 0 aliphatic carbocycles. The molecule has 1 heterocycles. The van der Waals surface area contributed by atoms with E-state index in [1.807, 2.05) is 55.7 Å². The van der Waals surface area contributed by atoms with Crippen LogP contribution in [-0.2, 0) is 30.5 Å². The Morgan fingerprint density at radius 1 is 1.13 bits per heavy atom. The van der Waals surface area contributed by atoms with Crippen LogP contribution in [0, 0.1) is 30.1 Å². The highest BCUT2D eigenvalue weighted by Crippen LogP contribution is 2.33. The van der Waals surface area contributed by atoms with E-state index in [0.717, 1.165) is 17.2 Å². The average Bonchev–Trinajstić information content (AvgIpc) is 3.45. The van der Waals surface area contributed by atoms with E-state index in [-0.39, 0.29) is 35.3 Å². The van der Waals surface area contributed by atoms with Crippen molar-refractivity contribution in [2.45, 2.75) is 59.0 Å². The number of nitrogens with one attached hydrogen (secondary N) is 1. The number of nitriles is 1. The maximum Gasteiger partial charge on any atom is 0.416 e. The summed E-state index contributed by atoms with van der Waals surface area (Å²) in [6.45, 7) is 5.96. The standard InChI is InChI=1S/C35H37F3N6OS/c1-4-24(3)32(31(45)17-29-19-41-22-43(29)20-26-14-12-25(18-39)13-15-26)33(40)44(34(46)42-28-10-7-8-23(2)16-28)21-27-9-5-6-11-30(27)35(36,37)38/h5-16,19,22,24,32-33H,4,17,20-21,40H2,1-3H3,(H,42,46)/t24-,32+,33?/m0/s1. The number of alkyl halides is 3. The van der Waals surface area contributed by atoms with Crippen LogP contribution in [0.1, 0.15) is 53.8 Å². The quantitative estimate of drug-likeness (QED) is 0.125. The molecular weight excluding hydrogens is 609 g/mol. The van der Waals surface area contributed by atoms with E-state index in [4.69, 9.17) is 23.2 Å². The second-order valence-corrected chi connectivity index (χ2v) is 11.8. The number of nitrogens with two attached hydrogens (primary N) is 1. The molecule has 0 bridgehead atoms. The zero-order chi connectivity index (χ0) is 33.4. The van der Waals surface area contributed by atoms with E-state index in [0.29, 0.717) is 29.9 Å². The molecule has 0 aliphatic heterocycles. The van der Waals surface area contributed by atoms with Crippen LogP contribution < -0.4 is 11.1 Å². The summed E-state index contributed by atoms with van der Waals surface area (Å²) in [5.74, 6) is -1.14. The Labute approximate surface area is 272 Å². The van der Waals surface area contributed by atoms with Gasteiger partial charge < -0.3 is 20.5 Å². The summed E-state index contributed by atoms with van der Waals surface area (Å²) in [4.78, 5) is 19.9. The molecule has 1 aromatic heterocycles. The molecule has 7 nitrogen and oxygen atoms in total. The van der Waals surface area contributed by atoms with Gasteiger partial charge in [0.15, 0.2) is 5.11 Å². The number of ketones is 1. The van der Waals surface area contributed by atoms with Crippen LogP contribution in [-0.4, -0.2) is 31.5 Å². The van der Waals surface area contributed by atoms with Crippen molar-refractivity contribution in [2.75, 3.05) is 5.32 Å². The highest BCUT2D eigenvalue weighted by atomic mass is 32.1. The summed E-state index contributed by atoms with van der Waals surface area (Å²) in [7, 11) is 0. The van der Waals surface area contributed by atoms with E-state index in [1.54, 1.807) is 30.7 Å². The first-order valence-electron chi connectivity index (χ1n) is 15.0. The van der Waals surface area contributed by atoms with Crippen molar-refractivity contribution in [3.63, 3.8) is 0 Å². The largest absolute Gasteiger partial charge is 0.416 e. The first kappa shape index (κ1) is 34.3. The van der Waals surface area contributed by atoms with Gasteiger partial charge in [-0.05, 0) is 72.1 Å². The topological polar surface area (TPSA) is 100.0 Å². The van der Waals surface area contributed by atoms with E-state index in [1.165, 1.54) is 23.1 Å². The maximum absolute atomic E-state index is 14.1. The fourth-order valence-corrected chi connectivity index (χ4v) is 5.76. The zero-order valence-corrected chi connectivity index (χ0v) is 26.8. The molecule has 3 atom stereocenters. The van der Waals surface area contributed by atoms with Crippen molar-refractivity contribution in [3.05, 3.63) is 119 Å². The predicted molar refractivity (Wildman–Crippen MR) is 177 cm³/mol. The minimum atomic E-state index is -4.59. The molecule has 4 aromatic rings. The van der Waals surface area contributed by atoms with Gasteiger partial charge in [0.05, 0.1) is 35.6 Å². The number of nitrogens with zero attached hydrogens (tertiary/aromatic N) is 4. The molecule has 3 N–H and O–H groups in total. The third-order valence-corrected chi connectivity index (χ3v) is 8.48. The summed E-state index contributed by atoms with van der Waals surface area (Å²) in [5, 5.41) is 12.3. The van der Waals surface area contributed by atoms with Crippen molar-refractivity contribution in [1.82, 2.24) is 14.5 Å². The highest BCUT2D eigenvalue weighted by Gasteiger charge is 2.38. The number of hydrogen-bond donors (Lipinski definition) is 2. The molecule has 0 spiro atoms. The molecule has 4 rings (SSSR count). The summed E-state index contributed by atoms with van der Waals surface area (Å²) >= 11 is 5.78. The van der Waals surface area contributed by atoms with Crippen molar-refractivity contribution >= 4 is 28.8 Å². The average molecular weight is 647 g/mol. The molecule has 0 saturated carbocycles. The molecule has 0 saturated heterocycles. The van der Waals surface area contributed by atoms with Gasteiger partial charge in [-0.25, -0.2) is 4.98 Å². The van der Waals surface area contributed by atoms with Crippen LogP contribution >= 0.6 is 12.2 Å². The number of carbonyl (C=O) groups is 1. The molecule has 3 aromatic carbocycles. The number of rotatable bonds is 12. The molecule has 1 unspecified atom stereocenters. The van der Waals surface area contributed by atoms with Crippen molar-refractivity contribution in [2.24, 2.45) is 17.6 Å². The summed E-state index contributed by atoms with van der Waals surface area (Å²) in [5.41, 5.74) is 9.88. The minimum absolute atomic E-state index is 0.00492. The zero-order valence-electron chi connectivity index (χ0n) is 26.0. The molecule has 0 radical (unpaired) electrons. The van der Waals surface area contributed by atoms with Crippen LogP contribution in [0.5, 0.6) is 0 Å². The number of Topliss-reactive ketones (excluding diaryl/α,β-unsaturated/α-hetero) is 1. The van der Waals surface area contributed by atoms with Gasteiger partial charge in [-0.2, -0.15) is 18.4 Å². The van der Waals surface area contributed by atoms with Crippen LogP contribution in [0.4, 0.5) is 18.9 Å². The Balaban J connectivity index is 1.65. The first-order chi connectivity index (χ1) is 21.9. The Kier molecular flexibility index (Phi) is 11.3. The molecular formula is C35H37F3N6OS. The lowest BCUT2D eigenvalue weighted by atomic mass is 9.83. The van der Waals surface area contributed by atoms with Gasteiger partial charge in [-0.1, -0.05) is 62.7 Å². The molecule has 0 amide bonds. The summed E-state index contributed by atoms with van der Waals surface area (Å²) < 4.78 is 44.0. The number of benzene rings is 3. The summed E-state index contributed by atoms with van der Waals surface area (Å²) in [6, 6.07) is 22.0. The fourth-order valence-electron chi connectivity index (χ4n) is 5.46. The SMILES string of the molecule is CC[C@H](C)[C@H](C(=O)Cc1cncn1Cc1ccc(C#N)cc1)C(N)N(Cc1ccccc1C(F)(F)F)C(=S)Nc1cccc(C)c1. The minimum Gasteiger partial charge on any atom is -0.333 e. The van der Waals surface area contributed by atoms with Crippen LogP contribution in [0.15, 0.2) is 85.3 Å². The van der Waals surface area contributed by atoms with E-state index < -0.39 is 23.8 Å². The Morgan fingerprint density at radius 2 is 1.85 bits per heavy atom. The molecule has 0 aliphatic rings. The third kappa shape index (κ3) is 8.59. The van der Waals surface area contributed by atoms with E-state index >= 15 is 0 Å². The van der Waals surface area contributed by atoms with Gasteiger partial charge in [0.1, 0.15) is 5.78 Å². The van der Waals surface area contributed by atoms with E-state index in [9.17, 15) is 18.0 Å². The second kappa shape index (κ2) is 15.2. The lowest BCUT2D eigenvalue weighted by Gasteiger charge is -2.38. The number of halogens is 3. The molecule has 11 heteroatoms. The van der Waals surface area contributed by atoms with Crippen molar-refractivity contribution in [1.29, 1.82) is 5.26 Å². The molecule has 0 fully saturated rings. The number of thiocarbonyl (C=S) groups is 1. The van der Waals surface area contributed by atoms with Gasteiger partial charge in [-0.3, -0.25) is 4.79 Å². The van der Waals surface area contributed by atoms with Crippen molar-refractivity contribution in [3.8, 4) is 6.07 Å². The fraction of sp³-hybridized carbons (Fsp3) is 0.314. The highest BCUT2D eigenvalue weighted by molar-refractivity contribution is 7.80. The van der Waals surface area contributed by atoms with Gasteiger partial charge in [0, 0.05) is 37.1 Å². The number of carbonyl (C=O) groups excluding carboxylic acids is 1. The normalized spacial score (nSPS) is 13.3. The monoisotopic (exact) mass is 646 g/mol. The Hall–Kier alpha value is -4.53. The first-order valence-corrected chi connectivity index (χ1v) is 15.4. The number of aromatic nitrogens is 2. The Bertz CT molecular complexity index is 1700. The van der Waals surface area contributed by atoms with Gasteiger partial charge in [0.25, 0.3) is 0 Å². The number of anilines is 1. The van der Waals surface area contributed by atoms with Gasteiger partial charge in [-0.15, -0.1) is 0 Å². The Morgan fingerprint density at radius 3 is 2.50 bits per heavy atom. The maximum atomic E-state index is 14.1. The van der Waals surface area contributed by atoms with Gasteiger partial charge >= 0.3 is 6.18 Å². The van der Waals surface area contributed by atoms with E-state index in [2.05, 4.69) is 16.4 Å². The lowest BCUT2D eigenvalue weighted by Crippen LogP contribution is -2.55. The van der Waals surface area contributed by atoms with Crippen LogP contribution in [0.2, 0.25) is 0 Å². The number of aryl methyl sites for hydroxylation is 1. The predicted octanol–water partition coefficient (Wildman–Crippen LogP) is 7.09. The smallest absolute Gasteiger partial charge is 0.333 e. The van der Waals surface area contributed by atoms with Gasteiger partial charge in [0.2, 0.25) is 0 Å². The van der Waals surface area contributed by atoms with Crippen LogP contribution in [0.25, 0.3) is 0 Å².